The van der Waals surface area contributed by atoms with Crippen LogP contribution in [0.15, 0.2) is 6.07 Å². The Labute approximate surface area is 123 Å². The smallest absolute Gasteiger partial charge is 0.264 e. The summed E-state index contributed by atoms with van der Waals surface area (Å²) < 4.78 is 0. The van der Waals surface area contributed by atoms with Crippen LogP contribution < -0.4 is 0 Å². The van der Waals surface area contributed by atoms with E-state index < -0.39 is 0 Å². The van der Waals surface area contributed by atoms with Gasteiger partial charge in [0.15, 0.2) is 0 Å². The van der Waals surface area contributed by atoms with E-state index >= 15 is 0 Å². The zero-order valence-corrected chi connectivity index (χ0v) is 12.8. The molecule has 0 radical (unpaired) electrons. The van der Waals surface area contributed by atoms with E-state index in [0.29, 0.717) is 17.8 Å². The van der Waals surface area contributed by atoms with Crippen LogP contribution in [0.4, 0.5) is 0 Å². The third kappa shape index (κ3) is 4.09. The Morgan fingerprint density at radius 2 is 2.25 bits per heavy atom. The first kappa shape index (κ1) is 16.2. The molecule has 0 bridgehead atoms. The molecule has 1 aromatic heterocycles. The van der Waals surface area contributed by atoms with Crippen molar-refractivity contribution in [3.05, 3.63) is 21.4 Å². The van der Waals surface area contributed by atoms with Gasteiger partial charge in [0.05, 0.1) is 22.2 Å². The van der Waals surface area contributed by atoms with Gasteiger partial charge in [0.1, 0.15) is 6.61 Å². The maximum Gasteiger partial charge on any atom is 0.264 e. The second-order valence-electron chi connectivity index (χ2n) is 4.58. The van der Waals surface area contributed by atoms with E-state index in [9.17, 15) is 4.79 Å². The van der Waals surface area contributed by atoms with E-state index in [1.165, 1.54) is 11.3 Å². The van der Waals surface area contributed by atoms with Crippen LogP contribution in [0.1, 0.15) is 40.4 Å². The van der Waals surface area contributed by atoms with Gasteiger partial charge in [-0.05, 0) is 32.4 Å². The summed E-state index contributed by atoms with van der Waals surface area (Å²) in [5, 5.41) is 17.4. The Balaban J connectivity index is 2.98. The second kappa shape index (κ2) is 7.69. The van der Waals surface area contributed by atoms with Crippen molar-refractivity contribution < 1.29 is 9.90 Å². The van der Waals surface area contributed by atoms with Gasteiger partial charge in [-0.2, -0.15) is 5.26 Å². The molecule has 0 fully saturated rings. The molecule has 20 heavy (non-hydrogen) atoms. The van der Waals surface area contributed by atoms with E-state index in [4.69, 9.17) is 10.4 Å². The number of aliphatic hydroxyl groups excluding tert-OH is 1. The molecule has 106 valence electrons. The molecular formula is C15H18N2O2S. The third-order valence-electron chi connectivity index (χ3n) is 2.76. The lowest BCUT2D eigenvalue weighted by atomic mass is 10.2. The summed E-state index contributed by atoms with van der Waals surface area (Å²) in [6.07, 6.45) is 0.325. The van der Waals surface area contributed by atoms with Crippen LogP contribution >= 0.6 is 11.3 Å². The Morgan fingerprint density at radius 1 is 1.55 bits per heavy atom. The predicted molar refractivity (Wildman–Crippen MR) is 79.4 cm³/mol. The first-order chi connectivity index (χ1) is 9.51. The van der Waals surface area contributed by atoms with Crippen molar-refractivity contribution in [2.45, 2.75) is 33.2 Å². The fraction of sp³-hybridized carbons (Fsp3) is 0.467. The lowest BCUT2D eigenvalue weighted by molar-refractivity contribution is 0.0715. The molecule has 0 saturated heterocycles. The maximum atomic E-state index is 12.5. The number of nitriles is 1. The Kier molecular flexibility index (Phi) is 6.24. The van der Waals surface area contributed by atoms with E-state index in [0.717, 1.165) is 10.4 Å². The summed E-state index contributed by atoms with van der Waals surface area (Å²) in [5.41, 5.74) is 0.934. The van der Waals surface area contributed by atoms with E-state index in [1.54, 1.807) is 4.90 Å². The molecule has 1 heterocycles. The number of amides is 1. The molecule has 0 atom stereocenters. The molecule has 1 aromatic rings. The topological polar surface area (TPSA) is 64.3 Å². The summed E-state index contributed by atoms with van der Waals surface area (Å²) in [4.78, 5) is 15.6. The summed E-state index contributed by atoms with van der Waals surface area (Å²) in [6, 6.07) is 3.93. The first-order valence-corrected chi connectivity index (χ1v) is 7.21. The summed E-state index contributed by atoms with van der Waals surface area (Å²) in [5.74, 6) is 5.37. The van der Waals surface area contributed by atoms with Crippen molar-refractivity contribution >= 4 is 17.2 Å². The van der Waals surface area contributed by atoms with Gasteiger partial charge < -0.3 is 10.0 Å². The number of rotatable bonds is 4. The quantitative estimate of drug-likeness (QED) is 0.864. The van der Waals surface area contributed by atoms with Crippen molar-refractivity contribution in [3.8, 4) is 17.9 Å². The SMILES string of the molecule is Cc1cc(C(=O)N(CCC#N)C(C)C)sc1C#CCO. The van der Waals surface area contributed by atoms with Crippen LogP contribution in [0.2, 0.25) is 0 Å². The monoisotopic (exact) mass is 290 g/mol. The number of aryl methyl sites for hydroxylation is 1. The Morgan fingerprint density at radius 3 is 2.80 bits per heavy atom. The van der Waals surface area contributed by atoms with Crippen LogP contribution in [-0.4, -0.2) is 35.1 Å². The van der Waals surface area contributed by atoms with E-state index in [2.05, 4.69) is 17.9 Å². The lowest BCUT2D eigenvalue weighted by Gasteiger charge is -2.25. The van der Waals surface area contributed by atoms with E-state index in [1.807, 2.05) is 26.8 Å². The van der Waals surface area contributed by atoms with E-state index in [-0.39, 0.29) is 18.6 Å². The summed E-state index contributed by atoms with van der Waals surface area (Å²) in [7, 11) is 0. The van der Waals surface area contributed by atoms with Crippen molar-refractivity contribution in [1.29, 1.82) is 5.26 Å². The first-order valence-electron chi connectivity index (χ1n) is 6.39. The molecule has 1 N–H and O–H groups in total. The van der Waals surface area contributed by atoms with Gasteiger partial charge in [0.2, 0.25) is 0 Å². The molecule has 1 amide bonds. The highest BCUT2D eigenvalue weighted by atomic mass is 32.1. The molecule has 0 aromatic carbocycles. The molecule has 0 aliphatic carbocycles. The van der Waals surface area contributed by atoms with Gasteiger partial charge in [0.25, 0.3) is 5.91 Å². The van der Waals surface area contributed by atoms with Crippen molar-refractivity contribution in [2.24, 2.45) is 0 Å². The highest BCUT2D eigenvalue weighted by Gasteiger charge is 2.20. The van der Waals surface area contributed by atoms with Crippen LogP contribution in [0.3, 0.4) is 0 Å². The second-order valence-corrected chi connectivity index (χ2v) is 5.64. The minimum atomic E-state index is -0.194. The van der Waals surface area contributed by atoms with Gasteiger partial charge in [0, 0.05) is 12.6 Å². The third-order valence-corrected chi connectivity index (χ3v) is 3.90. The molecular weight excluding hydrogens is 272 g/mol. The molecule has 0 aliphatic rings. The van der Waals surface area contributed by atoms with Gasteiger partial charge >= 0.3 is 0 Å². The van der Waals surface area contributed by atoms with Gasteiger partial charge in [-0.15, -0.1) is 11.3 Å². The van der Waals surface area contributed by atoms with Gasteiger partial charge in [-0.3, -0.25) is 4.79 Å². The number of thiophene rings is 1. The standard InChI is InChI=1S/C15H18N2O2S/c1-11(2)17(8-5-7-16)15(19)14-10-12(3)13(20-14)6-4-9-18/h10-11,18H,5,8-9H2,1-3H3. The van der Waals surface area contributed by atoms with Gasteiger partial charge in [-0.1, -0.05) is 11.8 Å². The predicted octanol–water partition coefficient (Wildman–Crippen LogP) is 2.16. The molecule has 5 heteroatoms. The average Bonchev–Trinajstić information content (AvgIpc) is 2.77. The van der Waals surface area contributed by atoms with Crippen LogP contribution in [0.5, 0.6) is 0 Å². The molecule has 0 spiro atoms. The highest BCUT2D eigenvalue weighted by Crippen LogP contribution is 2.23. The van der Waals surface area contributed by atoms with Crippen molar-refractivity contribution in [1.82, 2.24) is 4.90 Å². The molecule has 0 saturated carbocycles. The summed E-state index contributed by atoms with van der Waals surface area (Å²) >= 11 is 1.33. The van der Waals surface area contributed by atoms with Crippen molar-refractivity contribution in [3.63, 3.8) is 0 Å². The van der Waals surface area contributed by atoms with Crippen LogP contribution in [0.25, 0.3) is 0 Å². The fourth-order valence-electron chi connectivity index (χ4n) is 1.74. The fourth-order valence-corrected chi connectivity index (χ4v) is 2.74. The van der Waals surface area contributed by atoms with Crippen molar-refractivity contribution in [2.75, 3.05) is 13.2 Å². The van der Waals surface area contributed by atoms with Crippen LogP contribution in [0, 0.1) is 30.1 Å². The number of hydrogen-bond donors (Lipinski definition) is 1. The summed E-state index contributed by atoms with van der Waals surface area (Å²) in [6.45, 7) is 6.00. The number of carbonyl (C=O) groups excluding carboxylic acids is 1. The average molecular weight is 290 g/mol. The largest absolute Gasteiger partial charge is 0.384 e. The minimum absolute atomic E-state index is 0.0465. The molecule has 0 aliphatic heterocycles. The maximum absolute atomic E-state index is 12.5. The molecule has 4 nitrogen and oxygen atoms in total. The Bertz CT molecular complexity index is 573. The number of nitrogens with zero attached hydrogens (tertiary/aromatic N) is 2. The van der Waals surface area contributed by atoms with Crippen LogP contribution in [-0.2, 0) is 0 Å². The number of carbonyl (C=O) groups is 1. The highest BCUT2D eigenvalue weighted by molar-refractivity contribution is 7.14. The zero-order chi connectivity index (χ0) is 15.1. The zero-order valence-electron chi connectivity index (χ0n) is 11.9. The number of aliphatic hydroxyl groups is 1. The normalized spacial score (nSPS) is 9.80. The number of hydrogen-bond acceptors (Lipinski definition) is 4. The minimum Gasteiger partial charge on any atom is -0.384 e. The lowest BCUT2D eigenvalue weighted by Crippen LogP contribution is -2.37. The Hall–Kier alpha value is -1.82. The van der Waals surface area contributed by atoms with Gasteiger partial charge in [-0.25, -0.2) is 0 Å². The molecule has 1 rings (SSSR count). The molecule has 0 unspecified atom stereocenters.